The molecule has 0 spiro atoms. The van der Waals surface area contributed by atoms with Gasteiger partial charge in [-0.2, -0.15) is 0 Å². The highest BCUT2D eigenvalue weighted by atomic mass is 32.2. The highest BCUT2D eigenvalue weighted by Gasteiger charge is 2.52. The Bertz CT molecular complexity index is 667. The normalized spacial score (nSPS) is 22.5. The number of rotatable bonds is 4. The third kappa shape index (κ3) is 2.38. The first kappa shape index (κ1) is 14.3. The molecule has 2 aliphatic heterocycles. The number of nitrogens with zero attached hydrogens (tertiary/aromatic N) is 1. The molecule has 0 aromatic heterocycles. The summed E-state index contributed by atoms with van der Waals surface area (Å²) < 4.78 is 0.722. The lowest BCUT2D eigenvalue weighted by Crippen LogP contribution is -2.51. The van der Waals surface area contributed by atoms with E-state index in [1.165, 1.54) is 28.4 Å². The van der Waals surface area contributed by atoms with E-state index in [1.54, 1.807) is 0 Å². The van der Waals surface area contributed by atoms with Crippen LogP contribution in [0.25, 0.3) is 6.08 Å². The number of aliphatic carboxylic acids is 1. The summed E-state index contributed by atoms with van der Waals surface area (Å²) in [5.41, 5.74) is 1.75. The van der Waals surface area contributed by atoms with Crippen LogP contribution in [0.4, 0.5) is 0 Å². The summed E-state index contributed by atoms with van der Waals surface area (Å²) in [6.07, 6.45) is 1.84. The minimum atomic E-state index is -1.03. The zero-order chi connectivity index (χ0) is 15.0. The number of carboxylic acid groups (broad SMARTS) is 1. The zero-order valence-corrected chi connectivity index (χ0v) is 12.9. The molecule has 1 saturated heterocycles. The SMILES string of the molecule is CCSC1=C(C(=O)O)N2C(=O)/C(=C/c3ccccc3)[C@H]2S1. The number of carbonyl (C=O) groups excluding carboxylic acids is 1. The summed E-state index contributed by atoms with van der Waals surface area (Å²) in [6, 6.07) is 9.59. The molecule has 6 heteroatoms. The molecule has 0 saturated carbocycles. The maximum atomic E-state index is 12.2. The molecule has 2 aliphatic rings. The number of β-lactam (4-membered cyclic amide) rings is 1. The van der Waals surface area contributed by atoms with Crippen LogP contribution in [0, 0.1) is 0 Å². The fraction of sp³-hybridized carbons (Fsp3) is 0.200. The Hall–Kier alpha value is -1.66. The molecule has 1 aromatic rings. The van der Waals surface area contributed by atoms with Crippen LogP contribution in [0.2, 0.25) is 0 Å². The van der Waals surface area contributed by atoms with Crippen LogP contribution in [0.5, 0.6) is 0 Å². The van der Waals surface area contributed by atoms with E-state index in [1.807, 2.05) is 43.3 Å². The number of hydrogen-bond acceptors (Lipinski definition) is 4. The Morgan fingerprint density at radius 2 is 2.14 bits per heavy atom. The van der Waals surface area contributed by atoms with Gasteiger partial charge in [0.1, 0.15) is 5.37 Å². The number of carbonyl (C=O) groups is 2. The van der Waals surface area contributed by atoms with Crippen molar-refractivity contribution in [2.45, 2.75) is 12.3 Å². The molecule has 0 bridgehead atoms. The van der Waals surface area contributed by atoms with Crippen LogP contribution in [0.1, 0.15) is 12.5 Å². The standard InChI is InChI=1S/C15H13NO3S2/c1-2-20-15-11(14(18)19)16-12(17)10(13(16)21-15)8-9-6-4-3-5-7-9/h3-8,13H,2H2,1H3,(H,18,19)/b10-8-/t13-/m1/s1. The molecule has 1 N–H and O–H groups in total. The monoisotopic (exact) mass is 319 g/mol. The van der Waals surface area contributed by atoms with Crippen LogP contribution < -0.4 is 0 Å². The van der Waals surface area contributed by atoms with E-state index >= 15 is 0 Å². The number of fused-ring (bicyclic) bond motifs is 1. The second-order valence-electron chi connectivity index (χ2n) is 4.53. The van der Waals surface area contributed by atoms with Gasteiger partial charge >= 0.3 is 5.97 Å². The fourth-order valence-corrected chi connectivity index (χ4v) is 4.89. The number of carboxylic acids is 1. The van der Waals surface area contributed by atoms with Gasteiger partial charge in [-0.15, -0.1) is 11.8 Å². The van der Waals surface area contributed by atoms with E-state index in [4.69, 9.17) is 0 Å². The van der Waals surface area contributed by atoms with Crippen molar-refractivity contribution in [3.63, 3.8) is 0 Å². The summed E-state index contributed by atoms with van der Waals surface area (Å²) in [6.45, 7) is 1.97. The van der Waals surface area contributed by atoms with Crippen molar-refractivity contribution < 1.29 is 14.7 Å². The number of amides is 1. The van der Waals surface area contributed by atoms with Gasteiger partial charge < -0.3 is 5.11 Å². The first-order chi connectivity index (χ1) is 10.1. The van der Waals surface area contributed by atoms with Crippen molar-refractivity contribution >= 4 is 41.5 Å². The van der Waals surface area contributed by atoms with Gasteiger partial charge in [0, 0.05) is 0 Å². The van der Waals surface area contributed by atoms with Crippen LogP contribution >= 0.6 is 23.5 Å². The summed E-state index contributed by atoms with van der Waals surface area (Å²) in [5.74, 6) is -0.459. The minimum Gasteiger partial charge on any atom is -0.477 e. The van der Waals surface area contributed by atoms with Crippen molar-refractivity contribution in [3.05, 3.63) is 51.4 Å². The molecule has 0 radical (unpaired) electrons. The highest BCUT2D eigenvalue weighted by molar-refractivity contribution is 8.22. The second-order valence-corrected chi connectivity index (χ2v) is 7.15. The van der Waals surface area contributed by atoms with Gasteiger partial charge in [-0.25, -0.2) is 4.79 Å². The summed E-state index contributed by atoms with van der Waals surface area (Å²) in [5, 5.41) is 9.13. The van der Waals surface area contributed by atoms with Crippen molar-refractivity contribution in [1.82, 2.24) is 4.90 Å². The number of thioether (sulfide) groups is 2. The Morgan fingerprint density at radius 3 is 2.76 bits per heavy atom. The first-order valence-electron chi connectivity index (χ1n) is 6.50. The minimum absolute atomic E-state index is 0.132. The van der Waals surface area contributed by atoms with Gasteiger partial charge in [0.25, 0.3) is 5.91 Å². The molecule has 1 fully saturated rings. The molecule has 1 atom stereocenters. The van der Waals surface area contributed by atoms with E-state index in [0.717, 1.165) is 15.6 Å². The average molecular weight is 319 g/mol. The molecule has 3 rings (SSSR count). The predicted molar refractivity (Wildman–Crippen MR) is 85.4 cm³/mol. The molecular weight excluding hydrogens is 306 g/mol. The molecule has 2 heterocycles. The van der Waals surface area contributed by atoms with Gasteiger partial charge in [0.2, 0.25) is 0 Å². The number of hydrogen-bond donors (Lipinski definition) is 1. The highest BCUT2D eigenvalue weighted by Crippen LogP contribution is 2.52. The summed E-state index contributed by atoms with van der Waals surface area (Å²) in [4.78, 5) is 25.0. The van der Waals surface area contributed by atoms with Gasteiger partial charge in [-0.05, 0) is 17.4 Å². The quantitative estimate of drug-likeness (QED) is 0.683. The van der Waals surface area contributed by atoms with Gasteiger partial charge in [-0.1, -0.05) is 49.0 Å². The van der Waals surface area contributed by atoms with Crippen molar-refractivity contribution in [3.8, 4) is 0 Å². The van der Waals surface area contributed by atoms with Crippen molar-refractivity contribution in [2.75, 3.05) is 5.75 Å². The molecule has 108 valence electrons. The van der Waals surface area contributed by atoms with Gasteiger partial charge in [0.15, 0.2) is 5.70 Å². The van der Waals surface area contributed by atoms with Gasteiger partial charge in [0.05, 0.1) is 9.81 Å². The topological polar surface area (TPSA) is 57.6 Å². The smallest absolute Gasteiger partial charge is 0.354 e. The van der Waals surface area contributed by atoms with Crippen LogP contribution in [-0.4, -0.2) is 33.0 Å². The molecule has 1 amide bonds. The van der Waals surface area contributed by atoms with E-state index < -0.39 is 5.97 Å². The molecule has 0 unspecified atom stereocenters. The fourth-order valence-electron chi connectivity index (χ4n) is 2.30. The first-order valence-corrected chi connectivity index (χ1v) is 8.37. The van der Waals surface area contributed by atoms with E-state index in [0.29, 0.717) is 5.57 Å². The molecule has 21 heavy (non-hydrogen) atoms. The van der Waals surface area contributed by atoms with Crippen LogP contribution in [0.15, 0.2) is 45.8 Å². The van der Waals surface area contributed by atoms with Crippen molar-refractivity contribution in [1.29, 1.82) is 0 Å². The summed E-state index contributed by atoms with van der Waals surface area (Å²) in [7, 11) is 0. The number of benzene rings is 1. The lowest BCUT2D eigenvalue weighted by Gasteiger charge is -2.36. The third-order valence-corrected chi connectivity index (χ3v) is 5.70. The lowest BCUT2D eigenvalue weighted by molar-refractivity contribution is -0.141. The zero-order valence-electron chi connectivity index (χ0n) is 11.3. The summed E-state index contributed by atoms with van der Waals surface area (Å²) >= 11 is 2.92. The predicted octanol–water partition coefficient (Wildman–Crippen LogP) is 2.99. The molecule has 4 nitrogen and oxygen atoms in total. The Morgan fingerprint density at radius 1 is 1.43 bits per heavy atom. The maximum Gasteiger partial charge on any atom is 0.354 e. The van der Waals surface area contributed by atoms with E-state index in [9.17, 15) is 14.7 Å². The average Bonchev–Trinajstić information content (AvgIpc) is 2.82. The molecular formula is C15H13NO3S2. The maximum absolute atomic E-state index is 12.2. The van der Waals surface area contributed by atoms with Crippen molar-refractivity contribution in [2.24, 2.45) is 0 Å². The lowest BCUT2D eigenvalue weighted by atomic mass is 10.0. The molecule has 0 aliphatic carbocycles. The Kier molecular flexibility index (Phi) is 3.82. The third-order valence-electron chi connectivity index (χ3n) is 3.22. The van der Waals surface area contributed by atoms with E-state index in [2.05, 4.69) is 0 Å². The Labute approximate surface area is 130 Å². The second kappa shape index (κ2) is 5.61. The Balaban J connectivity index is 1.90. The van der Waals surface area contributed by atoms with Crippen LogP contribution in [-0.2, 0) is 9.59 Å². The van der Waals surface area contributed by atoms with Crippen LogP contribution in [0.3, 0.4) is 0 Å². The molecule has 1 aromatic carbocycles. The van der Waals surface area contributed by atoms with E-state index in [-0.39, 0.29) is 17.0 Å². The largest absolute Gasteiger partial charge is 0.477 e. The van der Waals surface area contributed by atoms with Gasteiger partial charge in [-0.3, -0.25) is 9.69 Å².